The SMILES string of the molecule is O=C1c2cc(Br)ccc2NC2CCCCCN12. The molecule has 0 aliphatic carbocycles. The molecule has 0 radical (unpaired) electrons. The standard InChI is InChI=1S/C13H15BrN2O/c14-9-5-6-11-10(8-9)13(17)16-7-3-1-2-4-12(16)15-11/h5-6,8,12,15H,1-4,7H2. The Morgan fingerprint density at radius 3 is 3.06 bits per heavy atom. The number of rotatable bonds is 0. The molecule has 90 valence electrons. The molecular formula is C13H15BrN2O. The summed E-state index contributed by atoms with van der Waals surface area (Å²) in [4.78, 5) is 14.4. The van der Waals surface area contributed by atoms with Gasteiger partial charge in [-0.3, -0.25) is 4.79 Å². The minimum absolute atomic E-state index is 0.173. The Hall–Kier alpha value is -1.03. The van der Waals surface area contributed by atoms with Crippen LogP contribution in [0.25, 0.3) is 0 Å². The van der Waals surface area contributed by atoms with Crippen molar-refractivity contribution in [3.05, 3.63) is 28.2 Å². The van der Waals surface area contributed by atoms with E-state index in [0.29, 0.717) is 0 Å². The zero-order chi connectivity index (χ0) is 11.8. The lowest BCUT2D eigenvalue weighted by Crippen LogP contribution is -2.48. The molecule has 1 unspecified atom stereocenters. The predicted octanol–water partition coefficient (Wildman–Crippen LogP) is 3.22. The Kier molecular flexibility index (Phi) is 2.82. The number of nitrogens with one attached hydrogen (secondary N) is 1. The third-order valence-electron chi connectivity index (χ3n) is 3.55. The second kappa shape index (κ2) is 4.33. The van der Waals surface area contributed by atoms with Crippen molar-refractivity contribution in [2.24, 2.45) is 0 Å². The maximum Gasteiger partial charge on any atom is 0.257 e. The third kappa shape index (κ3) is 1.95. The molecular weight excluding hydrogens is 280 g/mol. The Morgan fingerprint density at radius 1 is 1.29 bits per heavy atom. The number of fused-ring (bicyclic) bond motifs is 2. The second-order valence-corrected chi connectivity index (χ2v) is 5.61. The van der Waals surface area contributed by atoms with Crippen LogP contribution >= 0.6 is 15.9 Å². The minimum atomic E-state index is 0.173. The molecule has 3 rings (SSSR count). The average molecular weight is 295 g/mol. The highest BCUT2D eigenvalue weighted by molar-refractivity contribution is 9.10. The highest BCUT2D eigenvalue weighted by Crippen LogP contribution is 2.31. The highest BCUT2D eigenvalue weighted by Gasteiger charge is 2.32. The van der Waals surface area contributed by atoms with E-state index in [9.17, 15) is 4.79 Å². The van der Waals surface area contributed by atoms with Gasteiger partial charge in [0.2, 0.25) is 0 Å². The summed E-state index contributed by atoms with van der Waals surface area (Å²) in [5.74, 6) is 0.173. The van der Waals surface area contributed by atoms with Crippen molar-refractivity contribution in [2.45, 2.75) is 31.8 Å². The lowest BCUT2D eigenvalue weighted by Gasteiger charge is -2.36. The Balaban J connectivity index is 2.00. The fourth-order valence-electron chi connectivity index (χ4n) is 2.65. The van der Waals surface area contributed by atoms with Crippen molar-refractivity contribution in [1.29, 1.82) is 0 Å². The summed E-state index contributed by atoms with van der Waals surface area (Å²) in [6, 6.07) is 5.87. The molecule has 1 amide bonds. The first kappa shape index (κ1) is 11.1. The first-order chi connectivity index (χ1) is 8.25. The van der Waals surface area contributed by atoms with Crippen LogP contribution in [0.4, 0.5) is 5.69 Å². The summed E-state index contributed by atoms with van der Waals surface area (Å²) in [5, 5.41) is 3.48. The van der Waals surface area contributed by atoms with Gasteiger partial charge in [0.05, 0.1) is 5.56 Å². The van der Waals surface area contributed by atoms with Crippen molar-refractivity contribution in [3.63, 3.8) is 0 Å². The van der Waals surface area contributed by atoms with Gasteiger partial charge >= 0.3 is 0 Å². The number of hydrogen-bond acceptors (Lipinski definition) is 2. The van der Waals surface area contributed by atoms with E-state index >= 15 is 0 Å². The van der Waals surface area contributed by atoms with Crippen LogP contribution in [0.5, 0.6) is 0 Å². The van der Waals surface area contributed by atoms with E-state index in [0.717, 1.165) is 35.1 Å². The summed E-state index contributed by atoms with van der Waals surface area (Å²) >= 11 is 3.42. The average Bonchev–Trinajstić information content (AvgIpc) is 2.56. The Bertz CT molecular complexity index is 461. The van der Waals surface area contributed by atoms with Gasteiger partial charge in [-0.15, -0.1) is 0 Å². The predicted molar refractivity (Wildman–Crippen MR) is 71.1 cm³/mol. The zero-order valence-corrected chi connectivity index (χ0v) is 11.2. The number of nitrogens with zero attached hydrogens (tertiary/aromatic N) is 1. The maximum absolute atomic E-state index is 12.4. The van der Waals surface area contributed by atoms with Gasteiger partial charge in [-0.1, -0.05) is 22.4 Å². The van der Waals surface area contributed by atoms with Crippen molar-refractivity contribution in [2.75, 3.05) is 11.9 Å². The molecule has 2 heterocycles. The summed E-state index contributed by atoms with van der Waals surface area (Å²) in [6.07, 6.45) is 4.79. The van der Waals surface area contributed by atoms with Crippen LogP contribution in [0.15, 0.2) is 22.7 Å². The number of carbonyl (C=O) groups is 1. The van der Waals surface area contributed by atoms with Gasteiger partial charge in [0.15, 0.2) is 0 Å². The van der Waals surface area contributed by atoms with E-state index in [-0.39, 0.29) is 12.1 Å². The van der Waals surface area contributed by atoms with Crippen molar-refractivity contribution >= 4 is 27.5 Å². The van der Waals surface area contributed by atoms with E-state index < -0.39 is 0 Å². The largest absolute Gasteiger partial charge is 0.364 e. The summed E-state index contributed by atoms with van der Waals surface area (Å²) in [5.41, 5.74) is 1.76. The summed E-state index contributed by atoms with van der Waals surface area (Å²) in [7, 11) is 0. The minimum Gasteiger partial charge on any atom is -0.364 e. The molecule has 2 aliphatic heterocycles. The molecule has 1 saturated heterocycles. The molecule has 0 spiro atoms. The Labute approximate surface area is 109 Å². The van der Waals surface area contributed by atoms with Gasteiger partial charge in [0, 0.05) is 16.7 Å². The molecule has 1 N–H and O–H groups in total. The zero-order valence-electron chi connectivity index (χ0n) is 9.58. The molecule has 2 aliphatic rings. The Morgan fingerprint density at radius 2 is 2.18 bits per heavy atom. The number of benzene rings is 1. The smallest absolute Gasteiger partial charge is 0.257 e. The van der Waals surface area contributed by atoms with E-state index in [4.69, 9.17) is 0 Å². The fourth-order valence-corrected chi connectivity index (χ4v) is 3.02. The van der Waals surface area contributed by atoms with Crippen LogP contribution in [0.1, 0.15) is 36.0 Å². The van der Waals surface area contributed by atoms with Crippen LogP contribution in [0.3, 0.4) is 0 Å². The topological polar surface area (TPSA) is 32.3 Å². The number of anilines is 1. The molecule has 0 saturated carbocycles. The molecule has 3 nitrogen and oxygen atoms in total. The quantitative estimate of drug-likeness (QED) is 0.797. The molecule has 17 heavy (non-hydrogen) atoms. The normalized spacial score (nSPS) is 23.5. The molecule has 1 aromatic rings. The van der Waals surface area contributed by atoms with E-state index in [1.165, 1.54) is 12.8 Å². The second-order valence-electron chi connectivity index (χ2n) is 4.70. The first-order valence-electron chi connectivity index (χ1n) is 6.13. The van der Waals surface area contributed by atoms with Gasteiger partial charge in [0.25, 0.3) is 5.91 Å². The third-order valence-corrected chi connectivity index (χ3v) is 4.04. The molecule has 1 aromatic carbocycles. The van der Waals surface area contributed by atoms with Crippen LogP contribution in [-0.2, 0) is 0 Å². The van der Waals surface area contributed by atoms with Crippen LogP contribution < -0.4 is 5.32 Å². The molecule has 1 atom stereocenters. The molecule has 4 heteroatoms. The number of hydrogen-bond donors (Lipinski definition) is 1. The summed E-state index contributed by atoms with van der Waals surface area (Å²) < 4.78 is 0.958. The van der Waals surface area contributed by atoms with Gasteiger partial charge in [-0.2, -0.15) is 0 Å². The van der Waals surface area contributed by atoms with Gasteiger partial charge in [-0.05, 0) is 37.5 Å². The lowest BCUT2D eigenvalue weighted by molar-refractivity contribution is 0.0690. The van der Waals surface area contributed by atoms with Gasteiger partial charge in [-0.25, -0.2) is 0 Å². The monoisotopic (exact) mass is 294 g/mol. The van der Waals surface area contributed by atoms with Crippen molar-refractivity contribution < 1.29 is 4.79 Å². The lowest BCUT2D eigenvalue weighted by atomic mass is 10.1. The fraction of sp³-hybridized carbons (Fsp3) is 0.462. The van der Waals surface area contributed by atoms with Crippen LogP contribution in [0.2, 0.25) is 0 Å². The number of amides is 1. The number of halogens is 1. The van der Waals surface area contributed by atoms with Crippen LogP contribution in [-0.4, -0.2) is 23.5 Å². The maximum atomic E-state index is 12.4. The van der Waals surface area contributed by atoms with E-state index in [1.54, 1.807) is 0 Å². The van der Waals surface area contributed by atoms with Crippen molar-refractivity contribution in [1.82, 2.24) is 4.90 Å². The van der Waals surface area contributed by atoms with E-state index in [2.05, 4.69) is 21.2 Å². The van der Waals surface area contributed by atoms with Crippen LogP contribution in [0, 0.1) is 0 Å². The number of carbonyl (C=O) groups excluding carboxylic acids is 1. The molecule has 0 bridgehead atoms. The first-order valence-corrected chi connectivity index (χ1v) is 6.92. The van der Waals surface area contributed by atoms with E-state index in [1.807, 2.05) is 23.1 Å². The van der Waals surface area contributed by atoms with Gasteiger partial charge < -0.3 is 10.2 Å². The van der Waals surface area contributed by atoms with Gasteiger partial charge in [0.1, 0.15) is 6.17 Å². The van der Waals surface area contributed by atoms with Crippen molar-refractivity contribution in [3.8, 4) is 0 Å². The molecule has 1 fully saturated rings. The molecule has 0 aromatic heterocycles. The summed E-state index contributed by atoms with van der Waals surface area (Å²) in [6.45, 7) is 0.877. The highest BCUT2D eigenvalue weighted by atomic mass is 79.9.